The highest BCUT2D eigenvalue weighted by Crippen LogP contribution is 2.21. The Kier molecular flexibility index (Phi) is 5.11. The molecule has 136 valence electrons. The molecule has 1 aliphatic rings. The molecule has 2 heterocycles. The van der Waals surface area contributed by atoms with Crippen LogP contribution >= 0.6 is 0 Å². The lowest BCUT2D eigenvalue weighted by Crippen LogP contribution is -2.36. The van der Waals surface area contributed by atoms with Gasteiger partial charge in [0.1, 0.15) is 17.7 Å². The molecule has 1 N–H and O–H groups in total. The number of aromatic nitrogens is 2. The summed E-state index contributed by atoms with van der Waals surface area (Å²) in [7, 11) is 1.80. The number of nitrogens with zero attached hydrogens (tertiary/aromatic N) is 3. The number of halogens is 1. The van der Waals surface area contributed by atoms with Crippen molar-refractivity contribution in [3.8, 4) is 0 Å². The molecule has 3 amide bonds. The first-order chi connectivity index (χ1) is 12.5. The van der Waals surface area contributed by atoms with Crippen molar-refractivity contribution in [3.05, 3.63) is 53.9 Å². The van der Waals surface area contributed by atoms with Gasteiger partial charge in [-0.05, 0) is 17.7 Å². The molecule has 1 fully saturated rings. The number of carbonyl (C=O) groups excluding carboxylic acids is 3. The Balaban J connectivity index is 1.72. The fourth-order valence-corrected chi connectivity index (χ4v) is 2.93. The quantitative estimate of drug-likeness (QED) is 0.789. The van der Waals surface area contributed by atoms with Crippen molar-refractivity contribution in [2.24, 2.45) is 7.05 Å². The van der Waals surface area contributed by atoms with Crippen LogP contribution in [0.4, 0.5) is 4.39 Å². The summed E-state index contributed by atoms with van der Waals surface area (Å²) in [5, 5.41) is 2.86. The lowest BCUT2D eigenvalue weighted by molar-refractivity contribution is -0.138. The highest BCUT2D eigenvalue weighted by molar-refractivity contribution is 6.02. The van der Waals surface area contributed by atoms with E-state index < -0.39 is 6.04 Å². The Bertz CT molecular complexity index is 815. The van der Waals surface area contributed by atoms with Gasteiger partial charge in [-0.2, -0.15) is 0 Å². The minimum absolute atomic E-state index is 0.000399. The van der Waals surface area contributed by atoms with Gasteiger partial charge in [0.15, 0.2) is 0 Å². The second-order valence-electron chi connectivity index (χ2n) is 6.14. The van der Waals surface area contributed by atoms with Gasteiger partial charge in [0.2, 0.25) is 17.7 Å². The van der Waals surface area contributed by atoms with E-state index in [-0.39, 0.29) is 49.3 Å². The van der Waals surface area contributed by atoms with Crippen LogP contribution in [0.3, 0.4) is 0 Å². The molecule has 1 aliphatic heterocycles. The summed E-state index contributed by atoms with van der Waals surface area (Å²) < 4.78 is 15.0. The van der Waals surface area contributed by atoms with E-state index in [1.165, 1.54) is 12.1 Å². The molecule has 0 aliphatic carbocycles. The molecule has 1 unspecified atom stereocenters. The van der Waals surface area contributed by atoms with Gasteiger partial charge in [-0.25, -0.2) is 9.37 Å². The summed E-state index contributed by atoms with van der Waals surface area (Å²) in [5.41, 5.74) is 0.683. The molecule has 0 saturated carbocycles. The molecular weight excluding hydrogens is 339 g/mol. The second kappa shape index (κ2) is 7.47. The van der Waals surface area contributed by atoms with Gasteiger partial charge in [-0.15, -0.1) is 0 Å². The number of aryl methyl sites for hydroxylation is 1. The van der Waals surface area contributed by atoms with Crippen molar-refractivity contribution >= 4 is 17.7 Å². The predicted molar refractivity (Wildman–Crippen MR) is 90.2 cm³/mol. The van der Waals surface area contributed by atoms with Crippen LogP contribution in [0.5, 0.6) is 0 Å². The third-order valence-corrected chi connectivity index (χ3v) is 4.34. The van der Waals surface area contributed by atoms with Crippen LogP contribution in [0.2, 0.25) is 0 Å². The van der Waals surface area contributed by atoms with Crippen LogP contribution in [0.1, 0.15) is 36.7 Å². The number of benzene rings is 1. The fraction of sp³-hybridized carbons (Fsp3) is 0.333. The normalized spacial score (nSPS) is 15.4. The van der Waals surface area contributed by atoms with E-state index in [4.69, 9.17) is 0 Å². The molecule has 1 atom stereocenters. The van der Waals surface area contributed by atoms with Gasteiger partial charge in [-0.3, -0.25) is 19.3 Å². The van der Waals surface area contributed by atoms with E-state index >= 15 is 0 Å². The van der Waals surface area contributed by atoms with Crippen LogP contribution < -0.4 is 5.32 Å². The number of nitrogens with one attached hydrogen (secondary N) is 1. The maximum atomic E-state index is 13.2. The van der Waals surface area contributed by atoms with Gasteiger partial charge in [0, 0.05) is 45.2 Å². The van der Waals surface area contributed by atoms with Crippen molar-refractivity contribution in [3.63, 3.8) is 0 Å². The van der Waals surface area contributed by atoms with Crippen LogP contribution in [0.25, 0.3) is 0 Å². The number of hydrogen-bond donors (Lipinski definition) is 1. The molecule has 7 nitrogen and oxygen atoms in total. The van der Waals surface area contributed by atoms with Gasteiger partial charge in [0.25, 0.3) is 0 Å². The topological polar surface area (TPSA) is 84.3 Å². The van der Waals surface area contributed by atoms with Gasteiger partial charge < -0.3 is 9.88 Å². The molecule has 1 aromatic carbocycles. The lowest BCUT2D eigenvalue weighted by atomic mass is 10.1. The Morgan fingerprint density at radius 3 is 2.46 bits per heavy atom. The van der Waals surface area contributed by atoms with Crippen LogP contribution in [0, 0.1) is 5.82 Å². The molecule has 1 aromatic heterocycles. The Morgan fingerprint density at radius 2 is 1.88 bits per heavy atom. The molecule has 3 rings (SSSR count). The van der Waals surface area contributed by atoms with Crippen molar-refractivity contribution in [1.29, 1.82) is 0 Å². The average molecular weight is 358 g/mol. The summed E-state index contributed by atoms with van der Waals surface area (Å²) in [6, 6.07) is 5.25. The molecule has 0 radical (unpaired) electrons. The summed E-state index contributed by atoms with van der Waals surface area (Å²) in [5.74, 6) is -0.596. The third kappa shape index (κ3) is 3.79. The first-order valence-corrected chi connectivity index (χ1v) is 8.31. The number of likely N-dealkylation sites (tertiary alicyclic amines) is 1. The third-order valence-electron chi connectivity index (χ3n) is 4.34. The van der Waals surface area contributed by atoms with Crippen molar-refractivity contribution < 1.29 is 18.8 Å². The zero-order chi connectivity index (χ0) is 18.7. The zero-order valence-electron chi connectivity index (χ0n) is 14.3. The number of hydrogen-bond acceptors (Lipinski definition) is 4. The molecule has 0 spiro atoms. The van der Waals surface area contributed by atoms with Crippen LogP contribution in [-0.4, -0.2) is 38.7 Å². The summed E-state index contributed by atoms with van der Waals surface area (Å²) in [6.07, 6.45) is 3.76. The Morgan fingerprint density at radius 1 is 1.23 bits per heavy atom. The number of rotatable bonds is 6. The maximum Gasteiger partial charge on any atom is 0.229 e. The standard InChI is InChI=1S/C18H19FN4O3/c1-22-11-9-20-18(22)17(12-2-4-13(19)5-3-12)21-14(24)8-10-23-15(25)6-7-16(23)26/h2-5,9,11,17H,6-8,10H2,1H3,(H,21,24). The minimum Gasteiger partial charge on any atom is -0.342 e. The molecule has 2 aromatic rings. The van der Waals surface area contributed by atoms with Crippen molar-refractivity contribution in [2.45, 2.75) is 25.3 Å². The van der Waals surface area contributed by atoms with E-state index in [9.17, 15) is 18.8 Å². The highest BCUT2D eigenvalue weighted by Gasteiger charge is 2.29. The fourth-order valence-electron chi connectivity index (χ4n) is 2.93. The monoisotopic (exact) mass is 358 g/mol. The Hall–Kier alpha value is -3.03. The number of imide groups is 1. The van der Waals surface area contributed by atoms with Gasteiger partial charge in [0.05, 0.1) is 0 Å². The summed E-state index contributed by atoms with van der Waals surface area (Å²) in [4.78, 5) is 41.0. The first kappa shape index (κ1) is 17.8. The van der Waals surface area contributed by atoms with Crippen LogP contribution in [0.15, 0.2) is 36.7 Å². The van der Waals surface area contributed by atoms with Crippen molar-refractivity contribution in [1.82, 2.24) is 19.8 Å². The van der Waals surface area contributed by atoms with E-state index in [0.29, 0.717) is 11.4 Å². The molecular formula is C18H19FN4O3. The van der Waals surface area contributed by atoms with E-state index in [1.807, 2.05) is 0 Å². The van der Waals surface area contributed by atoms with Gasteiger partial charge >= 0.3 is 0 Å². The highest BCUT2D eigenvalue weighted by atomic mass is 19.1. The number of imidazole rings is 1. The number of carbonyl (C=O) groups is 3. The smallest absolute Gasteiger partial charge is 0.229 e. The second-order valence-corrected chi connectivity index (χ2v) is 6.14. The SMILES string of the molecule is Cn1ccnc1C(NC(=O)CCN1C(=O)CCC1=O)c1ccc(F)cc1. The maximum absolute atomic E-state index is 13.2. The predicted octanol–water partition coefficient (Wildman–Crippen LogP) is 1.30. The average Bonchev–Trinajstić information content (AvgIpc) is 3.17. The molecule has 1 saturated heterocycles. The molecule has 26 heavy (non-hydrogen) atoms. The Labute approximate surface area is 149 Å². The van der Waals surface area contributed by atoms with E-state index in [2.05, 4.69) is 10.3 Å². The lowest BCUT2D eigenvalue weighted by Gasteiger charge is -2.20. The van der Waals surface area contributed by atoms with Crippen LogP contribution in [-0.2, 0) is 21.4 Å². The largest absolute Gasteiger partial charge is 0.342 e. The van der Waals surface area contributed by atoms with E-state index in [0.717, 1.165) is 4.90 Å². The van der Waals surface area contributed by atoms with E-state index in [1.54, 1.807) is 36.1 Å². The first-order valence-electron chi connectivity index (χ1n) is 8.31. The molecule has 8 heteroatoms. The number of amides is 3. The van der Waals surface area contributed by atoms with Crippen molar-refractivity contribution in [2.75, 3.05) is 6.54 Å². The molecule has 0 bridgehead atoms. The van der Waals surface area contributed by atoms with Gasteiger partial charge in [-0.1, -0.05) is 12.1 Å². The minimum atomic E-state index is -0.562. The zero-order valence-corrected chi connectivity index (χ0v) is 14.3. The summed E-state index contributed by atoms with van der Waals surface area (Å²) in [6.45, 7) is 0.0558. The summed E-state index contributed by atoms with van der Waals surface area (Å²) >= 11 is 0.